The number of thiophene rings is 1. The zero-order valence-electron chi connectivity index (χ0n) is 12.9. The van der Waals surface area contributed by atoms with Gasteiger partial charge in [0.1, 0.15) is 4.83 Å². The van der Waals surface area contributed by atoms with Crippen LogP contribution in [0.5, 0.6) is 0 Å². The number of hydrogen-bond donors (Lipinski definition) is 1. The maximum absolute atomic E-state index is 12.5. The molecule has 120 valence electrons. The summed E-state index contributed by atoms with van der Waals surface area (Å²) >= 11 is 3.09. The highest BCUT2D eigenvalue weighted by Crippen LogP contribution is 2.36. The van der Waals surface area contributed by atoms with Crippen LogP contribution in [-0.2, 0) is 12.8 Å². The Morgan fingerprint density at radius 1 is 1.30 bits per heavy atom. The second-order valence-corrected chi connectivity index (χ2v) is 8.12. The lowest BCUT2D eigenvalue weighted by atomic mass is 9.97. The largest absolute Gasteiger partial charge is 0.338 e. The van der Waals surface area contributed by atoms with Gasteiger partial charge in [0, 0.05) is 4.88 Å². The quantitative estimate of drug-likeness (QED) is 0.577. The van der Waals surface area contributed by atoms with Crippen LogP contribution >= 0.6 is 23.1 Å². The smallest absolute Gasteiger partial charge is 0.260 e. The van der Waals surface area contributed by atoms with E-state index in [4.69, 9.17) is 4.52 Å². The molecule has 0 aromatic carbocycles. The summed E-state index contributed by atoms with van der Waals surface area (Å²) in [4.78, 5) is 26.5. The van der Waals surface area contributed by atoms with E-state index in [-0.39, 0.29) is 10.8 Å². The van der Waals surface area contributed by atoms with Crippen molar-refractivity contribution < 1.29 is 4.52 Å². The zero-order chi connectivity index (χ0) is 16.0. The third kappa shape index (κ3) is 2.70. The first-order valence-electron chi connectivity index (χ1n) is 7.63. The Balaban J connectivity index is 1.70. The highest BCUT2D eigenvalue weighted by Gasteiger charge is 2.21. The van der Waals surface area contributed by atoms with Crippen LogP contribution in [0.15, 0.2) is 14.5 Å². The summed E-state index contributed by atoms with van der Waals surface area (Å²) in [6.45, 7) is 3.74. The average Bonchev–Trinajstić information content (AvgIpc) is 3.10. The molecule has 4 rings (SSSR count). The van der Waals surface area contributed by atoms with Crippen LogP contribution in [0, 0.1) is 6.92 Å². The Morgan fingerprint density at radius 2 is 2.13 bits per heavy atom. The number of hydrogen-bond acceptors (Lipinski definition) is 7. The summed E-state index contributed by atoms with van der Waals surface area (Å²) in [6, 6.07) is 0. The van der Waals surface area contributed by atoms with Gasteiger partial charge in [-0.05, 0) is 45.1 Å². The molecular weight excluding hydrogens is 332 g/mol. The molecule has 3 aromatic heterocycles. The van der Waals surface area contributed by atoms with Gasteiger partial charge >= 0.3 is 0 Å². The van der Waals surface area contributed by atoms with E-state index in [2.05, 4.69) is 20.1 Å². The highest BCUT2D eigenvalue weighted by atomic mass is 32.2. The lowest BCUT2D eigenvalue weighted by molar-refractivity contribution is 0.376. The standard InChI is InChI=1S/C15H16N4O2S2/c1-7(13-16-8(2)19-21-13)22-15-17-12(20)11-9-5-3-4-6-10(9)23-14(11)18-15/h7H,3-6H2,1-2H3,(H,17,18,20)/t7-/m0/s1. The fraction of sp³-hybridized carbons (Fsp3) is 0.467. The number of thioether (sulfide) groups is 1. The lowest BCUT2D eigenvalue weighted by Gasteiger charge is -2.09. The van der Waals surface area contributed by atoms with E-state index >= 15 is 0 Å². The number of nitrogens with zero attached hydrogens (tertiary/aromatic N) is 3. The average molecular weight is 348 g/mol. The van der Waals surface area contributed by atoms with Crippen LogP contribution in [-0.4, -0.2) is 20.1 Å². The van der Waals surface area contributed by atoms with E-state index in [1.807, 2.05) is 6.92 Å². The predicted octanol–water partition coefficient (Wildman–Crippen LogP) is 3.41. The fourth-order valence-electron chi connectivity index (χ4n) is 2.90. The Labute approximate surface area is 140 Å². The molecule has 1 aliphatic carbocycles. The third-order valence-electron chi connectivity index (χ3n) is 3.98. The van der Waals surface area contributed by atoms with E-state index in [1.165, 1.54) is 28.6 Å². The molecule has 0 aliphatic heterocycles. The van der Waals surface area contributed by atoms with Gasteiger partial charge in [0.25, 0.3) is 5.56 Å². The van der Waals surface area contributed by atoms with Crippen molar-refractivity contribution in [2.75, 3.05) is 0 Å². The maximum Gasteiger partial charge on any atom is 0.260 e. The first kappa shape index (κ1) is 14.9. The number of aromatic amines is 1. The van der Waals surface area contributed by atoms with Crippen molar-refractivity contribution >= 4 is 33.3 Å². The minimum atomic E-state index is -0.0635. The molecule has 1 aliphatic rings. The molecule has 0 spiro atoms. The first-order valence-corrected chi connectivity index (χ1v) is 9.33. The van der Waals surface area contributed by atoms with Crippen LogP contribution in [0.4, 0.5) is 0 Å². The van der Waals surface area contributed by atoms with Gasteiger partial charge in [0.15, 0.2) is 11.0 Å². The molecule has 3 heterocycles. The molecule has 3 aromatic rings. The predicted molar refractivity (Wildman–Crippen MR) is 90.2 cm³/mol. The molecule has 1 atom stereocenters. The maximum atomic E-state index is 12.5. The number of fused-ring (bicyclic) bond motifs is 3. The normalized spacial score (nSPS) is 15.7. The summed E-state index contributed by atoms with van der Waals surface area (Å²) in [6.07, 6.45) is 4.41. The van der Waals surface area contributed by atoms with Crippen molar-refractivity contribution in [1.29, 1.82) is 0 Å². The van der Waals surface area contributed by atoms with Crippen molar-refractivity contribution in [2.24, 2.45) is 0 Å². The SMILES string of the molecule is Cc1noc([C@H](C)Sc2nc3sc4c(c3c(=O)[nH]2)CCCC4)n1. The number of aromatic nitrogens is 4. The molecule has 0 bridgehead atoms. The topological polar surface area (TPSA) is 84.7 Å². The Kier molecular flexibility index (Phi) is 3.73. The van der Waals surface area contributed by atoms with Gasteiger partial charge in [0.05, 0.1) is 10.6 Å². The Morgan fingerprint density at radius 3 is 2.91 bits per heavy atom. The van der Waals surface area contributed by atoms with E-state index in [0.29, 0.717) is 16.9 Å². The minimum absolute atomic E-state index is 0.0363. The first-order chi connectivity index (χ1) is 11.1. The minimum Gasteiger partial charge on any atom is -0.338 e. The van der Waals surface area contributed by atoms with E-state index in [9.17, 15) is 4.79 Å². The van der Waals surface area contributed by atoms with Crippen molar-refractivity contribution in [3.8, 4) is 0 Å². The number of H-pyrrole nitrogens is 1. The number of nitrogens with one attached hydrogen (secondary N) is 1. The second-order valence-electron chi connectivity index (χ2n) is 5.70. The van der Waals surface area contributed by atoms with Crippen LogP contribution in [0.25, 0.3) is 10.2 Å². The molecule has 0 amide bonds. The van der Waals surface area contributed by atoms with Crippen LogP contribution in [0.3, 0.4) is 0 Å². The molecule has 8 heteroatoms. The number of rotatable bonds is 3. The fourth-order valence-corrected chi connectivity index (χ4v) is 5.04. The molecule has 0 saturated carbocycles. The van der Waals surface area contributed by atoms with Gasteiger partial charge in [-0.15, -0.1) is 11.3 Å². The van der Waals surface area contributed by atoms with Gasteiger partial charge < -0.3 is 9.51 Å². The monoisotopic (exact) mass is 348 g/mol. The van der Waals surface area contributed by atoms with Crippen molar-refractivity contribution in [2.45, 2.75) is 49.9 Å². The zero-order valence-corrected chi connectivity index (χ0v) is 14.5. The van der Waals surface area contributed by atoms with Crippen LogP contribution in [0.1, 0.15) is 47.2 Å². The van der Waals surface area contributed by atoms with E-state index < -0.39 is 0 Å². The van der Waals surface area contributed by atoms with Crippen LogP contribution < -0.4 is 5.56 Å². The molecule has 1 N–H and O–H groups in total. The summed E-state index contributed by atoms with van der Waals surface area (Å²) in [5.74, 6) is 1.15. The molecule has 0 unspecified atom stereocenters. The van der Waals surface area contributed by atoms with Gasteiger partial charge in [-0.3, -0.25) is 4.79 Å². The Hall–Kier alpha value is -1.67. The van der Waals surface area contributed by atoms with Gasteiger partial charge in [0.2, 0.25) is 5.89 Å². The molecule has 0 fully saturated rings. The van der Waals surface area contributed by atoms with Gasteiger partial charge in [-0.25, -0.2) is 4.98 Å². The van der Waals surface area contributed by atoms with Crippen molar-refractivity contribution in [1.82, 2.24) is 20.1 Å². The molecule has 0 radical (unpaired) electrons. The molecule has 0 saturated heterocycles. The highest BCUT2D eigenvalue weighted by molar-refractivity contribution is 7.99. The second kappa shape index (κ2) is 5.76. The third-order valence-corrected chi connectivity index (χ3v) is 6.14. The molecular formula is C15H16N4O2S2. The summed E-state index contributed by atoms with van der Waals surface area (Å²) in [5, 5.41) is 5.13. The molecule has 23 heavy (non-hydrogen) atoms. The summed E-state index contributed by atoms with van der Waals surface area (Å²) in [5.41, 5.74) is 1.17. The van der Waals surface area contributed by atoms with Crippen molar-refractivity contribution in [3.05, 3.63) is 32.5 Å². The van der Waals surface area contributed by atoms with Gasteiger partial charge in [-0.1, -0.05) is 16.9 Å². The van der Waals surface area contributed by atoms with Gasteiger partial charge in [-0.2, -0.15) is 4.98 Å². The van der Waals surface area contributed by atoms with E-state index in [0.717, 1.165) is 29.5 Å². The van der Waals surface area contributed by atoms with Crippen LogP contribution in [0.2, 0.25) is 0 Å². The van der Waals surface area contributed by atoms with Crippen molar-refractivity contribution in [3.63, 3.8) is 0 Å². The summed E-state index contributed by atoms with van der Waals surface area (Å²) < 4.78 is 5.18. The molecule has 6 nitrogen and oxygen atoms in total. The Bertz CT molecular complexity index is 927. The van der Waals surface area contributed by atoms with E-state index in [1.54, 1.807) is 18.3 Å². The summed E-state index contributed by atoms with van der Waals surface area (Å²) in [7, 11) is 0. The lowest BCUT2D eigenvalue weighted by Crippen LogP contribution is -2.11. The number of aryl methyl sites for hydroxylation is 3.